The zero-order valence-electron chi connectivity index (χ0n) is 12.9. The van der Waals surface area contributed by atoms with Crippen molar-refractivity contribution in [2.24, 2.45) is 0 Å². The minimum atomic E-state index is -0.653. The molecule has 2 rings (SSSR count). The molecule has 1 amide bonds. The van der Waals surface area contributed by atoms with Crippen LogP contribution in [0.2, 0.25) is 5.15 Å². The highest BCUT2D eigenvalue weighted by atomic mass is 35.5. The second kappa shape index (κ2) is 8.21. The molecule has 1 N–H and O–H groups in total. The normalized spacial score (nSPS) is 10.1. The zero-order chi connectivity index (χ0) is 17.5. The monoisotopic (exact) mass is 346 g/mol. The van der Waals surface area contributed by atoms with Gasteiger partial charge in [0.2, 0.25) is 5.91 Å². The maximum absolute atomic E-state index is 12.0. The Balaban J connectivity index is 1.91. The number of Topliss-reactive ketones (excluding diaryl/α,β-unsaturated/α-hetero) is 1. The van der Waals surface area contributed by atoms with Crippen LogP contribution < -0.4 is 5.32 Å². The molecule has 0 aliphatic heterocycles. The maximum Gasteiger partial charge on any atom is 0.340 e. The van der Waals surface area contributed by atoms with E-state index in [-0.39, 0.29) is 29.0 Å². The number of ketones is 1. The van der Waals surface area contributed by atoms with Gasteiger partial charge in [0.25, 0.3) is 0 Å². The van der Waals surface area contributed by atoms with Crippen molar-refractivity contribution in [2.45, 2.75) is 13.3 Å². The van der Waals surface area contributed by atoms with Crippen LogP contribution in [0.15, 0.2) is 42.6 Å². The van der Waals surface area contributed by atoms with Gasteiger partial charge in [-0.15, -0.1) is 0 Å². The molecule has 124 valence electrons. The number of hydrogen-bond acceptors (Lipinski definition) is 5. The number of rotatable bonds is 6. The van der Waals surface area contributed by atoms with E-state index in [0.717, 1.165) is 0 Å². The Morgan fingerprint density at radius 1 is 1.08 bits per heavy atom. The van der Waals surface area contributed by atoms with Gasteiger partial charge in [-0.1, -0.05) is 18.5 Å². The molecule has 1 heterocycles. The number of aromatic nitrogens is 1. The molecule has 0 bridgehead atoms. The van der Waals surface area contributed by atoms with E-state index in [1.54, 1.807) is 31.2 Å². The first kappa shape index (κ1) is 17.6. The van der Waals surface area contributed by atoms with E-state index in [1.165, 1.54) is 18.3 Å². The molecule has 1 aromatic heterocycles. The number of ether oxygens (including phenoxy) is 1. The number of pyridine rings is 1. The summed E-state index contributed by atoms with van der Waals surface area (Å²) in [6.45, 7) is 1.36. The molecule has 6 nitrogen and oxygen atoms in total. The van der Waals surface area contributed by atoms with Gasteiger partial charge >= 0.3 is 5.97 Å². The minimum absolute atomic E-state index is 0.111. The Hall–Kier alpha value is -2.73. The standard InChI is InChI=1S/C17H15ClN2O4/c1-2-16(22)20-13-6-3-11(4-7-13)14(21)10-24-17(23)12-5-8-15(18)19-9-12/h3-9H,2,10H2,1H3,(H,20,22). The predicted octanol–water partition coefficient (Wildman–Crippen LogP) is 3.12. The quantitative estimate of drug-likeness (QED) is 0.493. The summed E-state index contributed by atoms with van der Waals surface area (Å²) in [6, 6.07) is 9.28. The van der Waals surface area contributed by atoms with Gasteiger partial charge in [-0.05, 0) is 36.4 Å². The average molecular weight is 347 g/mol. The fourth-order valence-corrected chi connectivity index (χ4v) is 1.89. The Bertz CT molecular complexity index is 742. The van der Waals surface area contributed by atoms with Crippen molar-refractivity contribution in [3.63, 3.8) is 0 Å². The van der Waals surface area contributed by atoms with E-state index >= 15 is 0 Å². The summed E-state index contributed by atoms with van der Waals surface area (Å²) in [5.74, 6) is -1.11. The summed E-state index contributed by atoms with van der Waals surface area (Å²) >= 11 is 5.63. The number of esters is 1. The topological polar surface area (TPSA) is 85.4 Å². The Labute approximate surface area is 143 Å². The highest BCUT2D eigenvalue weighted by Crippen LogP contribution is 2.11. The van der Waals surface area contributed by atoms with Crippen molar-refractivity contribution in [1.82, 2.24) is 4.98 Å². The predicted molar refractivity (Wildman–Crippen MR) is 89.2 cm³/mol. The number of halogens is 1. The van der Waals surface area contributed by atoms with E-state index < -0.39 is 5.97 Å². The number of carbonyl (C=O) groups excluding carboxylic acids is 3. The zero-order valence-corrected chi connectivity index (χ0v) is 13.7. The lowest BCUT2D eigenvalue weighted by molar-refractivity contribution is -0.115. The fraction of sp³-hybridized carbons (Fsp3) is 0.176. The molecule has 0 fully saturated rings. The number of carbonyl (C=O) groups is 3. The molecule has 0 aliphatic rings. The summed E-state index contributed by atoms with van der Waals surface area (Å²) in [5, 5.41) is 2.94. The van der Waals surface area contributed by atoms with Crippen LogP contribution in [0.25, 0.3) is 0 Å². The van der Waals surface area contributed by atoms with E-state index in [1.807, 2.05) is 0 Å². The van der Waals surface area contributed by atoms with Gasteiger partial charge < -0.3 is 10.1 Å². The summed E-state index contributed by atoms with van der Waals surface area (Å²) in [6.07, 6.45) is 1.65. The van der Waals surface area contributed by atoms with Crippen LogP contribution in [0, 0.1) is 0 Å². The molecule has 24 heavy (non-hydrogen) atoms. The third-order valence-electron chi connectivity index (χ3n) is 3.11. The third kappa shape index (κ3) is 4.89. The lowest BCUT2D eigenvalue weighted by Gasteiger charge is -2.06. The highest BCUT2D eigenvalue weighted by molar-refractivity contribution is 6.29. The highest BCUT2D eigenvalue weighted by Gasteiger charge is 2.12. The first-order valence-electron chi connectivity index (χ1n) is 7.21. The van der Waals surface area contributed by atoms with Gasteiger partial charge in [0.1, 0.15) is 5.15 Å². The number of benzene rings is 1. The van der Waals surface area contributed by atoms with Crippen LogP contribution in [0.1, 0.15) is 34.1 Å². The molecule has 0 spiro atoms. The lowest BCUT2D eigenvalue weighted by Crippen LogP contribution is -2.14. The molecule has 1 aromatic carbocycles. The number of amides is 1. The molecule has 0 unspecified atom stereocenters. The third-order valence-corrected chi connectivity index (χ3v) is 3.33. The van der Waals surface area contributed by atoms with Gasteiger partial charge in [0.05, 0.1) is 5.56 Å². The number of nitrogens with zero attached hydrogens (tertiary/aromatic N) is 1. The van der Waals surface area contributed by atoms with Gasteiger partial charge in [-0.25, -0.2) is 9.78 Å². The Morgan fingerprint density at radius 2 is 1.75 bits per heavy atom. The molecule has 2 aromatic rings. The Kier molecular flexibility index (Phi) is 6.03. The first-order chi connectivity index (χ1) is 11.5. The fourth-order valence-electron chi connectivity index (χ4n) is 1.78. The largest absolute Gasteiger partial charge is 0.454 e. The van der Waals surface area contributed by atoms with Crippen molar-refractivity contribution in [3.8, 4) is 0 Å². The van der Waals surface area contributed by atoms with Crippen LogP contribution in [0.4, 0.5) is 5.69 Å². The SMILES string of the molecule is CCC(=O)Nc1ccc(C(=O)COC(=O)c2ccc(Cl)nc2)cc1. The summed E-state index contributed by atoms with van der Waals surface area (Å²) in [5.41, 5.74) is 1.19. The van der Waals surface area contributed by atoms with E-state index in [4.69, 9.17) is 16.3 Å². The van der Waals surface area contributed by atoms with Crippen LogP contribution >= 0.6 is 11.6 Å². The van der Waals surface area contributed by atoms with Crippen molar-refractivity contribution in [2.75, 3.05) is 11.9 Å². The van der Waals surface area contributed by atoms with Crippen LogP contribution in [-0.4, -0.2) is 29.3 Å². The van der Waals surface area contributed by atoms with Crippen molar-refractivity contribution in [3.05, 3.63) is 58.9 Å². The van der Waals surface area contributed by atoms with Crippen LogP contribution in [0.5, 0.6) is 0 Å². The molecule has 0 aliphatic carbocycles. The first-order valence-corrected chi connectivity index (χ1v) is 7.59. The molecule has 0 radical (unpaired) electrons. The lowest BCUT2D eigenvalue weighted by atomic mass is 10.1. The number of anilines is 1. The van der Waals surface area contributed by atoms with Crippen LogP contribution in [0.3, 0.4) is 0 Å². The van der Waals surface area contributed by atoms with Gasteiger partial charge in [0.15, 0.2) is 12.4 Å². The molecular formula is C17H15ClN2O4. The molecular weight excluding hydrogens is 332 g/mol. The maximum atomic E-state index is 12.0. The molecule has 0 saturated carbocycles. The van der Waals surface area contributed by atoms with Crippen molar-refractivity contribution in [1.29, 1.82) is 0 Å². The molecule has 7 heteroatoms. The number of hydrogen-bond donors (Lipinski definition) is 1. The van der Waals surface area contributed by atoms with Gasteiger partial charge in [-0.3, -0.25) is 9.59 Å². The number of nitrogens with one attached hydrogen (secondary N) is 1. The molecule has 0 saturated heterocycles. The summed E-state index contributed by atoms with van der Waals surface area (Å²) in [4.78, 5) is 38.9. The van der Waals surface area contributed by atoms with Gasteiger partial charge in [0, 0.05) is 23.9 Å². The summed E-state index contributed by atoms with van der Waals surface area (Å²) in [7, 11) is 0. The van der Waals surface area contributed by atoms with E-state index in [2.05, 4.69) is 10.3 Å². The smallest absolute Gasteiger partial charge is 0.340 e. The second-order valence-corrected chi connectivity index (χ2v) is 5.24. The van der Waals surface area contributed by atoms with Crippen molar-refractivity contribution >= 4 is 34.9 Å². The van der Waals surface area contributed by atoms with E-state index in [0.29, 0.717) is 17.7 Å². The van der Waals surface area contributed by atoms with Crippen molar-refractivity contribution < 1.29 is 19.1 Å². The average Bonchev–Trinajstić information content (AvgIpc) is 2.60. The van der Waals surface area contributed by atoms with Crippen LogP contribution in [-0.2, 0) is 9.53 Å². The Morgan fingerprint density at radius 3 is 2.33 bits per heavy atom. The van der Waals surface area contributed by atoms with E-state index in [9.17, 15) is 14.4 Å². The minimum Gasteiger partial charge on any atom is -0.454 e. The van der Waals surface area contributed by atoms with Gasteiger partial charge in [-0.2, -0.15) is 0 Å². The summed E-state index contributed by atoms with van der Waals surface area (Å²) < 4.78 is 4.96. The second-order valence-electron chi connectivity index (χ2n) is 4.85. The molecule has 0 atom stereocenters.